The van der Waals surface area contributed by atoms with E-state index in [4.69, 9.17) is 16.7 Å². The Bertz CT molecular complexity index is 710. The molecule has 1 aromatic carbocycles. The smallest absolute Gasteiger partial charge is 0.293 e. The van der Waals surface area contributed by atoms with Gasteiger partial charge in [-0.05, 0) is 56.9 Å². The number of unbranched alkanes of at least 4 members (excludes halogenated alkanes) is 1. The van der Waals surface area contributed by atoms with Crippen molar-refractivity contribution in [1.29, 1.82) is 0 Å². The van der Waals surface area contributed by atoms with Gasteiger partial charge in [0.25, 0.3) is 5.91 Å². The maximum atomic E-state index is 12.8. The van der Waals surface area contributed by atoms with Crippen LogP contribution in [-0.2, 0) is 0 Å². The topological polar surface area (TPSA) is 71.2 Å². The molecule has 1 aliphatic carbocycles. The summed E-state index contributed by atoms with van der Waals surface area (Å²) in [5.41, 5.74) is 0.821. The number of aromatic nitrogens is 3. The van der Waals surface area contributed by atoms with Crippen molar-refractivity contribution in [2.24, 2.45) is 0 Å². The zero-order valence-electron chi connectivity index (χ0n) is 13.7. The first-order valence-corrected chi connectivity index (χ1v) is 8.59. The normalized spacial score (nSPS) is 14.0. The number of carbonyl (C=O) groups is 1. The third-order valence-electron chi connectivity index (χ3n) is 4.09. The highest BCUT2D eigenvalue weighted by Gasteiger charge is 2.34. The Morgan fingerprint density at radius 2 is 2.04 bits per heavy atom. The van der Waals surface area contributed by atoms with Gasteiger partial charge >= 0.3 is 0 Å². The Labute approximate surface area is 146 Å². The lowest BCUT2D eigenvalue weighted by molar-refractivity contribution is 0.0724. The van der Waals surface area contributed by atoms with E-state index in [2.05, 4.69) is 10.1 Å². The number of halogens is 1. The van der Waals surface area contributed by atoms with Gasteiger partial charge in [-0.2, -0.15) is 0 Å². The molecule has 1 aromatic heterocycles. The van der Waals surface area contributed by atoms with Crippen LogP contribution >= 0.6 is 11.6 Å². The molecule has 3 rings (SSSR count). The lowest BCUT2D eigenvalue weighted by Crippen LogP contribution is -2.35. The summed E-state index contributed by atoms with van der Waals surface area (Å²) in [5.74, 6) is 0.747. The second kappa shape index (κ2) is 7.32. The largest absolute Gasteiger partial charge is 0.396 e. The minimum atomic E-state index is -0.133. The lowest BCUT2D eigenvalue weighted by Gasteiger charge is -2.20. The summed E-state index contributed by atoms with van der Waals surface area (Å²) in [4.78, 5) is 19.0. The first kappa shape index (κ1) is 16.9. The van der Waals surface area contributed by atoms with Gasteiger partial charge in [0.15, 0.2) is 0 Å². The maximum Gasteiger partial charge on any atom is 0.293 e. The van der Waals surface area contributed by atoms with E-state index >= 15 is 0 Å². The Balaban J connectivity index is 1.79. The highest BCUT2D eigenvalue weighted by molar-refractivity contribution is 6.30. The van der Waals surface area contributed by atoms with Crippen molar-refractivity contribution in [3.63, 3.8) is 0 Å². The average Bonchev–Trinajstić information content (AvgIpc) is 3.34. The molecule has 6 nitrogen and oxygen atoms in total. The number of carbonyl (C=O) groups excluding carboxylic acids is 1. The molecule has 0 atom stereocenters. The first-order chi connectivity index (χ1) is 11.6. The van der Waals surface area contributed by atoms with Gasteiger partial charge in [-0.1, -0.05) is 11.6 Å². The van der Waals surface area contributed by atoms with Crippen molar-refractivity contribution in [3.8, 4) is 5.69 Å². The molecule has 1 amide bonds. The molecular weight excluding hydrogens is 328 g/mol. The zero-order valence-corrected chi connectivity index (χ0v) is 14.4. The van der Waals surface area contributed by atoms with Gasteiger partial charge in [0.2, 0.25) is 5.82 Å². The van der Waals surface area contributed by atoms with Gasteiger partial charge in [-0.25, -0.2) is 9.67 Å². The fourth-order valence-electron chi connectivity index (χ4n) is 2.67. The first-order valence-electron chi connectivity index (χ1n) is 8.21. The predicted octanol–water partition coefficient (Wildman–Crippen LogP) is 2.61. The summed E-state index contributed by atoms with van der Waals surface area (Å²) >= 11 is 5.91. The highest BCUT2D eigenvalue weighted by Crippen LogP contribution is 2.28. The number of aryl methyl sites for hydroxylation is 1. The number of amides is 1. The molecule has 0 bridgehead atoms. The van der Waals surface area contributed by atoms with Crippen LogP contribution in [0, 0.1) is 6.92 Å². The molecule has 128 valence electrons. The Kier molecular flexibility index (Phi) is 5.16. The fraction of sp³-hybridized carbons (Fsp3) is 0.471. The Hall–Kier alpha value is -1.92. The Morgan fingerprint density at radius 1 is 1.33 bits per heavy atom. The van der Waals surface area contributed by atoms with Crippen LogP contribution in [0.25, 0.3) is 5.69 Å². The van der Waals surface area contributed by atoms with Crippen LogP contribution in [0.4, 0.5) is 0 Å². The van der Waals surface area contributed by atoms with Crippen molar-refractivity contribution >= 4 is 17.5 Å². The molecule has 1 fully saturated rings. The van der Waals surface area contributed by atoms with Gasteiger partial charge in [-0.15, -0.1) is 5.10 Å². The number of hydrogen-bond donors (Lipinski definition) is 1. The van der Waals surface area contributed by atoms with Crippen molar-refractivity contribution in [3.05, 3.63) is 40.9 Å². The number of rotatable bonds is 7. The van der Waals surface area contributed by atoms with E-state index in [1.54, 1.807) is 16.8 Å². The van der Waals surface area contributed by atoms with Crippen LogP contribution in [-0.4, -0.2) is 49.9 Å². The molecule has 7 heteroatoms. The summed E-state index contributed by atoms with van der Waals surface area (Å²) in [7, 11) is 0. The monoisotopic (exact) mass is 348 g/mol. The molecular formula is C17H21ClN4O2. The zero-order chi connectivity index (χ0) is 17.1. The van der Waals surface area contributed by atoms with Gasteiger partial charge in [0.1, 0.15) is 5.82 Å². The van der Waals surface area contributed by atoms with Crippen LogP contribution in [0.15, 0.2) is 24.3 Å². The van der Waals surface area contributed by atoms with Crippen LogP contribution in [0.5, 0.6) is 0 Å². The van der Waals surface area contributed by atoms with Crippen molar-refractivity contribution in [2.75, 3.05) is 13.2 Å². The SMILES string of the molecule is Cc1nc(C(=O)N(CCCCO)C2CC2)nn1-c1ccc(Cl)cc1. The van der Waals surface area contributed by atoms with E-state index in [0.29, 0.717) is 29.9 Å². The van der Waals surface area contributed by atoms with Gasteiger partial charge in [0, 0.05) is 24.2 Å². The van der Waals surface area contributed by atoms with Crippen LogP contribution < -0.4 is 0 Å². The number of aliphatic hydroxyl groups is 1. The summed E-state index contributed by atoms with van der Waals surface area (Å²) < 4.78 is 1.66. The molecule has 0 saturated heterocycles. The van der Waals surface area contributed by atoms with Crippen molar-refractivity contribution in [1.82, 2.24) is 19.7 Å². The van der Waals surface area contributed by atoms with E-state index in [-0.39, 0.29) is 18.3 Å². The molecule has 0 aliphatic heterocycles. The molecule has 1 saturated carbocycles. The van der Waals surface area contributed by atoms with Crippen molar-refractivity contribution in [2.45, 2.75) is 38.6 Å². The quantitative estimate of drug-likeness (QED) is 0.781. The average molecular weight is 349 g/mol. The van der Waals surface area contributed by atoms with E-state index in [1.165, 1.54) is 0 Å². The minimum Gasteiger partial charge on any atom is -0.396 e. The summed E-state index contributed by atoms with van der Waals surface area (Å²) in [5, 5.41) is 14.0. The number of aliphatic hydroxyl groups excluding tert-OH is 1. The van der Waals surface area contributed by atoms with Crippen LogP contribution in [0.3, 0.4) is 0 Å². The van der Waals surface area contributed by atoms with Gasteiger partial charge in [-0.3, -0.25) is 4.79 Å². The summed E-state index contributed by atoms with van der Waals surface area (Å²) in [6, 6.07) is 7.55. The highest BCUT2D eigenvalue weighted by atomic mass is 35.5. The number of nitrogens with zero attached hydrogens (tertiary/aromatic N) is 4. The summed E-state index contributed by atoms with van der Waals surface area (Å²) in [6.07, 6.45) is 3.54. The Morgan fingerprint density at radius 3 is 2.67 bits per heavy atom. The molecule has 0 spiro atoms. The second-order valence-corrected chi connectivity index (χ2v) is 6.47. The third-order valence-corrected chi connectivity index (χ3v) is 4.34. The molecule has 1 heterocycles. The fourth-order valence-corrected chi connectivity index (χ4v) is 2.79. The van der Waals surface area contributed by atoms with Crippen LogP contribution in [0.1, 0.15) is 42.1 Å². The molecule has 2 aromatic rings. The van der Waals surface area contributed by atoms with E-state index < -0.39 is 0 Å². The van der Waals surface area contributed by atoms with Gasteiger partial charge in [0.05, 0.1) is 5.69 Å². The van der Waals surface area contributed by atoms with E-state index in [9.17, 15) is 4.79 Å². The van der Waals surface area contributed by atoms with E-state index in [0.717, 1.165) is 24.9 Å². The molecule has 1 aliphatic rings. The third kappa shape index (κ3) is 3.76. The molecule has 1 N–H and O–H groups in total. The minimum absolute atomic E-state index is 0.133. The molecule has 24 heavy (non-hydrogen) atoms. The predicted molar refractivity (Wildman–Crippen MR) is 91.5 cm³/mol. The van der Waals surface area contributed by atoms with E-state index in [1.807, 2.05) is 24.0 Å². The maximum absolute atomic E-state index is 12.8. The summed E-state index contributed by atoms with van der Waals surface area (Å²) in [6.45, 7) is 2.61. The standard InChI is InChI=1S/C17H21ClN4O2/c1-12-19-16(20-22(12)15-6-4-13(18)5-7-15)17(24)21(14-8-9-14)10-2-3-11-23/h4-7,14,23H,2-3,8-11H2,1H3. The second-order valence-electron chi connectivity index (χ2n) is 6.03. The molecule has 0 unspecified atom stereocenters. The molecule has 0 radical (unpaired) electrons. The van der Waals surface area contributed by atoms with Gasteiger partial charge < -0.3 is 10.0 Å². The van der Waals surface area contributed by atoms with Crippen LogP contribution in [0.2, 0.25) is 5.02 Å². The van der Waals surface area contributed by atoms with Crippen molar-refractivity contribution < 1.29 is 9.90 Å². The lowest BCUT2D eigenvalue weighted by atomic mass is 10.3. The number of benzene rings is 1. The number of hydrogen-bond acceptors (Lipinski definition) is 4.